The van der Waals surface area contributed by atoms with Crippen LogP contribution in [0.2, 0.25) is 0 Å². The molecule has 0 aliphatic heterocycles. The van der Waals surface area contributed by atoms with Crippen molar-refractivity contribution < 1.29 is 14.6 Å². The molecular weight excluding hydrogens is 302 g/mol. The Morgan fingerprint density at radius 3 is 3.00 bits per heavy atom. The van der Waals surface area contributed by atoms with Crippen molar-refractivity contribution >= 4 is 5.91 Å². The molecular formula is C13H19N7O3. The molecule has 0 atom stereocenters. The van der Waals surface area contributed by atoms with Gasteiger partial charge in [0, 0.05) is 25.6 Å². The van der Waals surface area contributed by atoms with Gasteiger partial charge in [-0.1, -0.05) is 0 Å². The van der Waals surface area contributed by atoms with Crippen LogP contribution in [0.4, 0.5) is 0 Å². The topological polar surface area (TPSA) is 131 Å². The highest BCUT2D eigenvalue weighted by molar-refractivity contribution is 5.90. The minimum atomic E-state index is -0.261. The van der Waals surface area contributed by atoms with E-state index in [1.54, 1.807) is 7.11 Å². The lowest BCUT2D eigenvalue weighted by Gasteiger charge is -2.35. The number of aromatic amines is 1. The number of hydrogen-bond acceptors (Lipinski definition) is 7. The molecule has 2 aromatic heterocycles. The number of hydrogen-bond donors (Lipinski definition) is 3. The third kappa shape index (κ3) is 3.22. The molecule has 1 amide bonds. The Morgan fingerprint density at radius 2 is 2.35 bits per heavy atom. The molecule has 0 radical (unpaired) electrons. The molecule has 1 aliphatic rings. The minimum absolute atomic E-state index is 0.0720. The van der Waals surface area contributed by atoms with Crippen molar-refractivity contribution in [2.45, 2.75) is 38.0 Å². The molecule has 3 rings (SSSR count). The van der Waals surface area contributed by atoms with Crippen LogP contribution in [-0.2, 0) is 17.9 Å². The van der Waals surface area contributed by atoms with E-state index in [-0.39, 0.29) is 30.3 Å². The van der Waals surface area contributed by atoms with E-state index in [1.807, 2.05) is 4.57 Å². The predicted molar refractivity (Wildman–Crippen MR) is 77.4 cm³/mol. The maximum absolute atomic E-state index is 11.9. The first-order valence-electron chi connectivity index (χ1n) is 7.41. The van der Waals surface area contributed by atoms with Gasteiger partial charge < -0.3 is 19.7 Å². The summed E-state index contributed by atoms with van der Waals surface area (Å²) < 4.78 is 6.98. The van der Waals surface area contributed by atoms with Crippen LogP contribution in [0.15, 0.2) is 6.33 Å². The van der Waals surface area contributed by atoms with Gasteiger partial charge in [-0.05, 0) is 12.8 Å². The monoisotopic (exact) mass is 321 g/mol. The highest BCUT2D eigenvalue weighted by Gasteiger charge is 2.35. The molecule has 0 aromatic carbocycles. The molecule has 124 valence electrons. The first kappa shape index (κ1) is 15.6. The average Bonchev–Trinajstić information content (AvgIpc) is 3.17. The summed E-state index contributed by atoms with van der Waals surface area (Å²) in [5.74, 6) is 1.52. The van der Waals surface area contributed by atoms with Crippen LogP contribution in [0.3, 0.4) is 0 Å². The van der Waals surface area contributed by atoms with Crippen LogP contribution in [0.1, 0.15) is 41.0 Å². The minimum Gasteiger partial charge on any atom is -0.388 e. The van der Waals surface area contributed by atoms with Crippen LogP contribution < -0.4 is 5.32 Å². The molecule has 0 unspecified atom stereocenters. The third-order valence-corrected chi connectivity index (χ3v) is 3.98. The molecule has 0 spiro atoms. The molecule has 3 N–H and O–H groups in total. The van der Waals surface area contributed by atoms with Gasteiger partial charge in [-0.3, -0.25) is 9.89 Å². The van der Waals surface area contributed by atoms with Gasteiger partial charge in [-0.25, -0.2) is 4.98 Å². The van der Waals surface area contributed by atoms with Crippen molar-refractivity contribution in [2.24, 2.45) is 0 Å². The lowest BCUT2D eigenvalue weighted by Crippen LogP contribution is -2.44. The number of amides is 1. The molecule has 1 fully saturated rings. The zero-order valence-corrected chi connectivity index (χ0v) is 12.8. The van der Waals surface area contributed by atoms with Crippen LogP contribution in [0.5, 0.6) is 0 Å². The van der Waals surface area contributed by atoms with Gasteiger partial charge in [0.2, 0.25) is 5.82 Å². The summed E-state index contributed by atoms with van der Waals surface area (Å²) in [6.07, 6.45) is 2.85. The van der Waals surface area contributed by atoms with E-state index in [0.717, 1.165) is 18.7 Å². The van der Waals surface area contributed by atoms with E-state index in [2.05, 4.69) is 30.7 Å². The SMILES string of the molecule is COCCn1c(CO)nnc1C1CC(NC(=O)c2ncn[nH]2)C1. The van der Waals surface area contributed by atoms with Crippen molar-refractivity contribution in [3.05, 3.63) is 23.8 Å². The summed E-state index contributed by atoms with van der Waals surface area (Å²) in [7, 11) is 1.63. The Morgan fingerprint density at radius 1 is 1.52 bits per heavy atom. The molecule has 0 bridgehead atoms. The van der Waals surface area contributed by atoms with Crippen LogP contribution in [-0.4, -0.2) is 60.7 Å². The van der Waals surface area contributed by atoms with E-state index in [0.29, 0.717) is 19.0 Å². The van der Waals surface area contributed by atoms with E-state index >= 15 is 0 Å². The number of ether oxygens (including phenoxy) is 1. The van der Waals surface area contributed by atoms with Crippen LogP contribution in [0, 0.1) is 0 Å². The lowest BCUT2D eigenvalue weighted by atomic mass is 9.79. The fourth-order valence-electron chi connectivity index (χ4n) is 2.71. The Kier molecular flexibility index (Phi) is 4.63. The molecule has 2 heterocycles. The van der Waals surface area contributed by atoms with Gasteiger partial charge in [0.1, 0.15) is 18.8 Å². The number of aromatic nitrogens is 6. The second kappa shape index (κ2) is 6.84. The van der Waals surface area contributed by atoms with Crippen molar-refractivity contribution in [1.82, 2.24) is 35.3 Å². The molecule has 10 heteroatoms. The maximum Gasteiger partial charge on any atom is 0.288 e. The van der Waals surface area contributed by atoms with Gasteiger partial charge in [-0.15, -0.1) is 10.2 Å². The first-order valence-corrected chi connectivity index (χ1v) is 7.41. The summed E-state index contributed by atoms with van der Waals surface area (Å²) in [6, 6.07) is 0.0720. The summed E-state index contributed by atoms with van der Waals surface area (Å²) >= 11 is 0. The van der Waals surface area contributed by atoms with Crippen molar-refractivity contribution in [3.63, 3.8) is 0 Å². The van der Waals surface area contributed by atoms with Crippen molar-refractivity contribution in [3.8, 4) is 0 Å². The Hall–Kier alpha value is -2.33. The zero-order valence-electron chi connectivity index (χ0n) is 12.8. The summed E-state index contributed by atoms with van der Waals surface area (Å²) in [5, 5.41) is 26.6. The quantitative estimate of drug-likeness (QED) is 0.609. The number of rotatable bonds is 7. The van der Waals surface area contributed by atoms with Gasteiger partial charge >= 0.3 is 0 Å². The first-order chi connectivity index (χ1) is 11.2. The van der Waals surface area contributed by atoms with E-state index in [9.17, 15) is 9.90 Å². The summed E-state index contributed by atoms with van der Waals surface area (Å²) in [6.45, 7) is 0.964. The van der Waals surface area contributed by atoms with Gasteiger partial charge in [0.05, 0.1) is 6.61 Å². The van der Waals surface area contributed by atoms with Crippen LogP contribution in [0.25, 0.3) is 0 Å². The average molecular weight is 321 g/mol. The highest BCUT2D eigenvalue weighted by atomic mass is 16.5. The molecule has 0 saturated heterocycles. The lowest BCUT2D eigenvalue weighted by molar-refractivity contribution is 0.0896. The van der Waals surface area contributed by atoms with E-state index in [4.69, 9.17) is 4.74 Å². The summed E-state index contributed by atoms with van der Waals surface area (Å²) in [5.41, 5.74) is 0. The second-order valence-electron chi connectivity index (χ2n) is 5.45. The number of aliphatic hydroxyl groups excluding tert-OH is 1. The third-order valence-electron chi connectivity index (χ3n) is 3.98. The smallest absolute Gasteiger partial charge is 0.288 e. The number of nitrogens with one attached hydrogen (secondary N) is 2. The standard InChI is InChI=1S/C13H19N7O3/c1-23-3-2-20-10(6-21)17-19-12(20)8-4-9(5-8)16-13(22)11-14-7-15-18-11/h7-9,21H,2-6H2,1H3,(H,16,22)(H,14,15,18). The van der Waals surface area contributed by atoms with Gasteiger partial charge in [0.25, 0.3) is 5.91 Å². The molecule has 1 aliphatic carbocycles. The van der Waals surface area contributed by atoms with Gasteiger partial charge in [-0.2, -0.15) is 5.10 Å². The number of methoxy groups -OCH3 is 1. The Labute approximate surface area is 132 Å². The number of carbonyl (C=O) groups excluding carboxylic acids is 1. The second-order valence-corrected chi connectivity index (χ2v) is 5.45. The molecule has 1 saturated carbocycles. The van der Waals surface area contributed by atoms with Crippen molar-refractivity contribution in [1.29, 1.82) is 0 Å². The molecule has 2 aromatic rings. The van der Waals surface area contributed by atoms with E-state index < -0.39 is 0 Å². The largest absolute Gasteiger partial charge is 0.388 e. The fraction of sp³-hybridized carbons (Fsp3) is 0.615. The number of H-pyrrole nitrogens is 1. The molecule has 10 nitrogen and oxygen atoms in total. The normalized spacial score (nSPS) is 20.3. The Bertz CT molecular complexity index is 649. The highest BCUT2D eigenvalue weighted by Crippen LogP contribution is 2.36. The van der Waals surface area contributed by atoms with Crippen LogP contribution >= 0.6 is 0 Å². The Balaban J connectivity index is 1.58. The van der Waals surface area contributed by atoms with E-state index in [1.165, 1.54) is 6.33 Å². The van der Waals surface area contributed by atoms with Crippen molar-refractivity contribution in [2.75, 3.05) is 13.7 Å². The maximum atomic E-state index is 11.9. The number of aliphatic hydroxyl groups is 1. The number of nitrogens with zero attached hydrogens (tertiary/aromatic N) is 5. The predicted octanol–water partition coefficient (Wildman–Crippen LogP) is -0.789. The van der Waals surface area contributed by atoms with Gasteiger partial charge in [0.15, 0.2) is 5.82 Å². The number of carbonyl (C=O) groups is 1. The fourth-order valence-corrected chi connectivity index (χ4v) is 2.71. The molecule has 23 heavy (non-hydrogen) atoms. The summed E-state index contributed by atoms with van der Waals surface area (Å²) in [4.78, 5) is 15.7. The zero-order chi connectivity index (χ0) is 16.2.